The number of hydrogen-bond acceptors (Lipinski definition) is 5. The minimum atomic E-state index is -0.0316. The van der Waals surface area contributed by atoms with Crippen molar-refractivity contribution in [2.45, 2.75) is 19.9 Å². The lowest BCUT2D eigenvalue weighted by Crippen LogP contribution is -2.52. The van der Waals surface area contributed by atoms with Gasteiger partial charge in [-0.3, -0.25) is 19.4 Å². The van der Waals surface area contributed by atoms with Crippen molar-refractivity contribution in [3.8, 4) is 0 Å². The molecule has 0 saturated carbocycles. The maximum atomic E-state index is 11.6. The summed E-state index contributed by atoms with van der Waals surface area (Å²) in [7, 11) is 0. The van der Waals surface area contributed by atoms with E-state index in [-0.39, 0.29) is 11.9 Å². The average Bonchev–Trinajstić information content (AvgIpc) is 2.27. The molecule has 2 amide bonds. The van der Waals surface area contributed by atoms with Crippen LogP contribution in [-0.2, 0) is 9.59 Å². The maximum Gasteiger partial charge on any atom is 0.234 e. The van der Waals surface area contributed by atoms with Crippen molar-refractivity contribution >= 4 is 18.2 Å². The van der Waals surface area contributed by atoms with Crippen molar-refractivity contribution in [2.75, 3.05) is 26.2 Å². The monoisotopic (exact) mass is 241 g/mol. The minimum Gasteiger partial charge on any atom is -0.353 e. The Morgan fingerprint density at radius 3 is 2.82 bits per heavy atom. The number of amides is 2. The lowest BCUT2D eigenvalue weighted by Gasteiger charge is -2.32. The van der Waals surface area contributed by atoms with Gasteiger partial charge in [0.05, 0.1) is 13.1 Å². The predicted molar refractivity (Wildman–Crippen MR) is 64.1 cm³/mol. The molecule has 1 heterocycles. The number of carbonyl (C=O) groups excluding carboxylic acids is 2. The van der Waals surface area contributed by atoms with Crippen LogP contribution in [0.4, 0.5) is 0 Å². The summed E-state index contributed by atoms with van der Waals surface area (Å²) in [5.74, 6) is 5.66. The Morgan fingerprint density at radius 1 is 1.59 bits per heavy atom. The van der Waals surface area contributed by atoms with Gasteiger partial charge in [-0.25, -0.2) is 0 Å². The Labute approximate surface area is 101 Å². The third-order valence-corrected chi connectivity index (χ3v) is 2.45. The number of nitrogens with one attached hydrogen (secondary N) is 1. The van der Waals surface area contributed by atoms with E-state index in [0.717, 1.165) is 0 Å². The van der Waals surface area contributed by atoms with Crippen molar-refractivity contribution in [3.05, 3.63) is 0 Å². The van der Waals surface area contributed by atoms with Crippen LogP contribution in [0.3, 0.4) is 0 Å². The van der Waals surface area contributed by atoms with E-state index in [4.69, 9.17) is 5.84 Å². The Balaban J connectivity index is 2.47. The first-order valence-electron chi connectivity index (χ1n) is 5.57. The Kier molecular flexibility index (Phi) is 4.89. The van der Waals surface area contributed by atoms with Gasteiger partial charge in [-0.2, -0.15) is 5.10 Å². The minimum absolute atomic E-state index is 0.0316. The van der Waals surface area contributed by atoms with E-state index in [1.807, 2.05) is 18.7 Å². The molecule has 1 aliphatic heterocycles. The van der Waals surface area contributed by atoms with Gasteiger partial charge in [0.25, 0.3) is 0 Å². The van der Waals surface area contributed by atoms with E-state index in [0.29, 0.717) is 38.4 Å². The van der Waals surface area contributed by atoms with Crippen LogP contribution in [0.2, 0.25) is 0 Å². The number of amidine groups is 1. The summed E-state index contributed by atoms with van der Waals surface area (Å²) in [6, 6.07) is 0.126. The molecule has 0 radical (unpaired) electrons. The normalized spacial score (nSPS) is 19.7. The number of nitrogens with two attached hydrogens (primary N) is 1. The highest BCUT2D eigenvalue weighted by Gasteiger charge is 2.23. The number of hydrogen-bond donors (Lipinski definition) is 2. The van der Waals surface area contributed by atoms with Crippen molar-refractivity contribution in [1.29, 1.82) is 0 Å². The molecule has 0 aliphatic carbocycles. The zero-order valence-corrected chi connectivity index (χ0v) is 10.2. The highest BCUT2D eigenvalue weighted by molar-refractivity contribution is 5.93. The number of piperazine rings is 1. The molecule has 17 heavy (non-hydrogen) atoms. The number of hydrazone groups is 1. The van der Waals surface area contributed by atoms with E-state index < -0.39 is 0 Å². The fourth-order valence-corrected chi connectivity index (χ4v) is 1.68. The lowest BCUT2D eigenvalue weighted by atomic mass is 10.3. The van der Waals surface area contributed by atoms with Crippen LogP contribution in [0.1, 0.15) is 13.8 Å². The Hall–Kier alpha value is -1.63. The van der Waals surface area contributed by atoms with Crippen LogP contribution in [0.5, 0.6) is 0 Å². The van der Waals surface area contributed by atoms with Crippen molar-refractivity contribution in [2.24, 2.45) is 10.9 Å². The Morgan fingerprint density at radius 2 is 2.29 bits per heavy atom. The van der Waals surface area contributed by atoms with E-state index in [9.17, 15) is 9.59 Å². The smallest absolute Gasteiger partial charge is 0.234 e. The van der Waals surface area contributed by atoms with Gasteiger partial charge >= 0.3 is 0 Å². The highest BCUT2D eigenvalue weighted by atomic mass is 16.2. The summed E-state index contributed by atoms with van der Waals surface area (Å²) in [5, 5.41) is 6.37. The molecule has 0 bridgehead atoms. The third kappa shape index (κ3) is 4.03. The number of nitrogens with zero attached hydrogens (tertiary/aromatic N) is 3. The standard InChI is InChI=1S/C10H19N5O2/c1-8(2)12-10(17)6-14-3-4-15(7-16)9(5-14)13-11/h7-8H,3-6,11H2,1-2H3,(H,12,17). The van der Waals surface area contributed by atoms with E-state index in [1.54, 1.807) is 0 Å². The molecule has 7 heteroatoms. The summed E-state index contributed by atoms with van der Waals surface area (Å²) in [6.07, 6.45) is 0.706. The van der Waals surface area contributed by atoms with Gasteiger partial charge in [0.2, 0.25) is 12.3 Å². The topological polar surface area (TPSA) is 91.0 Å². The van der Waals surface area contributed by atoms with Crippen molar-refractivity contribution in [3.63, 3.8) is 0 Å². The molecule has 1 saturated heterocycles. The van der Waals surface area contributed by atoms with Gasteiger partial charge < -0.3 is 11.2 Å². The highest BCUT2D eigenvalue weighted by Crippen LogP contribution is 2.02. The fraction of sp³-hybridized carbons (Fsp3) is 0.700. The number of rotatable bonds is 4. The van der Waals surface area contributed by atoms with Gasteiger partial charge in [0, 0.05) is 19.1 Å². The molecule has 3 N–H and O–H groups in total. The molecule has 0 unspecified atom stereocenters. The summed E-state index contributed by atoms with van der Waals surface area (Å²) in [5.41, 5.74) is 0. The van der Waals surface area contributed by atoms with Gasteiger partial charge in [0.1, 0.15) is 5.84 Å². The molecule has 1 rings (SSSR count). The van der Waals surface area contributed by atoms with E-state index in [1.165, 1.54) is 4.90 Å². The van der Waals surface area contributed by atoms with E-state index in [2.05, 4.69) is 10.4 Å². The fourth-order valence-electron chi connectivity index (χ4n) is 1.68. The SMILES string of the molecule is CC(C)NC(=O)CN1CCN(C=O)C(=NN)C1. The van der Waals surface area contributed by atoms with Crippen LogP contribution in [0.15, 0.2) is 5.10 Å². The van der Waals surface area contributed by atoms with Gasteiger partial charge in [-0.05, 0) is 13.8 Å². The molecule has 1 aliphatic rings. The molecule has 0 aromatic rings. The van der Waals surface area contributed by atoms with Crippen molar-refractivity contribution in [1.82, 2.24) is 15.1 Å². The molecule has 0 aromatic heterocycles. The van der Waals surface area contributed by atoms with Crippen LogP contribution in [0, 0.1) is 0 Å². The zero-order valence-electron chi connectivity index (χ0n) is 10.2. The second-order valence-electron chi connectivity index (χ2n) is 4.28. The maximum absolute atomic E-state index is 11.6. The largest absolute Gasteiger partial charge is 0.353 e. The Bertz CT molecular complexity index is 316. The molecule has 0 spiro atoms. The van der Waals surface area contributed by atoms with E-state index >= 15 is 0 Å². The summed E-state index contributed by atoms with van der Waals surface area (Å²) >= 11 is 0. The molecule has 1 fully saturated rings. The summed E-state index contributed by atoms with van der Waals surface area (Å²) in [4.78, 5) is 25.6. The molecule has 0 atom stereocenters. The molecule has 0 aromatic carbocycles. The predicted octanol–water partition coefficient (Wildman–Crippen LogP) is -1.44. The van der Waals surface area contributed by atoms with Gasteiger partial charge in [-0.15, -0.1) is 0 Å². The van der Waals surface area contributed by atoms with Crippen LogP contribution >= 0.6 is 0 Å². The summed E-state index contributed by atoms with van der Waals surface area (Å²) < 4.78 is 0. The van der Waals surface area contributed by atoms with Gasteiger partial charge in [0.15, 0.2) is 0 Å². The lowest BCUT2D eigenvalue weighted by molar-refractivity contribution is -0.122. The van der Waals surface area contributed by atoms with Crippen LogP contribution < -0.4 is 11.2 Å². The van der Waals surface area contributed by atoms with Crippen molar-refractivity contribution < 1.29 is 9.59 Å². The first-order chi connectivity index (χ1) is 8.06. The molecule has 7 nitrogen and oxygen atoms in total. The first-order valence-corrected chi connectivity index (χ1v) is 5.57. The quantitative estimate of drug-likeness (QED) is 0.358. The molecular weight excluding hydrogens is 222 g/mol. The zero-order chi connectivity index (χ0) is 12.8. The second-order valence-corrected chi connectivity index (χ2v) is 4.28. The molecular formula is C10H19N5O2. The van der Waals surface area contributed by atoms with Gasteiger partial charge in [-0.1, -0.05) is 0 Å². The molecule has 96 valence electrons. The van der Waals surface area contributed by atoms with Crippen LogP contribution in [0.25, 0.3) is 0 Å². The van der Waals surface area contributed by atoms with Crippen LogP contribution in [-0.4, -0.2) is 60.2 Å². The summed E-state index contributed by atoms with van der Waals surface area (Å²) in [6.45, 7) is 5.69. The second kappa shape index (κ2) is 6.19. The first kappa shape index (κ1) is 13.4. The third-order valence-electron chi connectivity index (χ3n) is 2.45. The number of carbonyl (C=O) groups is 2. The average molecular weight is 241 g/mol.